The van der Waals surface area contributed by atoms with Crippen LogP contribution in [0.15, 0.2) is 12.1 Å². The van der Waals surface area contributed by atoms with E-state index in [-0.39, 0.29) is 17.0 Å². The van der Waals surface area contributed by atoms with Gasteiger partial charge in [0.05, 0.1) is 12.0 Å². The first-order chi connectivity index (χ1) is 7.95. The molecule has 0 radical (unpaired) electrons. The average molecular weight is 259 g/mol. The molecule has 17 heavy (non-hydrogen) atoms. The lowest BCUT2D eigenvalue weighted by Crippen LogP contribution is -2.13. The van der Waals surface area contributed by atoms with Crippen molar-refractivity contribution in [3.63, 3.8) is 0 Å². The van der Waals surface area contributed by atoms with Crippen molar-refractivity contribution in [2.45, 2.75) is 25.6 Å². The van der Waals surface area contributed by atoms with Crippen LogP contribution in [0.25, 0.3) is 0 Å². The second-order valence-corrected chi connectivity index (χ2v) is 4.60. The van der Waals surface area contributed by atoms with Crippen LogP contribution in [0.2, 0.25) is 0 Å². The Hall–Kier alpha value is -1.36. The molecule has 5 nitrogen and oxygen atoms in total. The maximum Gasteiger partial charge on any atom is 0.291 e. The Morgan fingerprint density at radius 3 is 2.65 bits per heavy atom. The number of hydrogen-bond donors (Lipinski definition) is 0. The molecule has 6 heteroatoms. The zero-order chi connectivity index (χ0) is 13.0. The zero-order valence-electron chi connectivity index (χ0n) is 10.0. The van der Waals surface area contributed by atoms with E-state index >= 15 is 0 Å². The van der Waals surface area contributed by atoms with Crippen LogP contribution in [0.3, 0.4) is 0 Å². The molecule has 1 aromatic rings. The predicted molar refractivity (Wildman–Crippen MR) is 65.6 cm³/mol. The summed E-state index contributed by atoms with van der Waals surface area (Å²) in [5, 5.41) is 10.7. The van der Waals surface area contributed by atoms with Gasteiger partial charge in [-0.1, -0.05) is 13.8 Å². The van der Waals surface area contributed by atoms with Crippen LogP contribution >= 0.6 is 11.6 Å². The van der Waals surface area contributed by atoms with E-state index in [4.69, 9.17) is 16.3 Å². The molecular weight excluding hydrogens is 244 g/mol. The quantitative estimate of drug-likeness (QED) is 0.463. The summed E-state index contributed by atoms with van der Waals surface area (Å²) in [5.74, 6) is 0.586. The molecule has 1 rings (SSSR count). The number of hydrogen-bond acceptors (Lipinski definition) is 4. The number of pyridine rings is 1. The normalized spacial score (nSPS) is 12.5. The monoisotopic (exact) mass is 258 g/mol. The molecular formula is C11H15ClN2O3. The van der Waals surface area contributed by atoms with Gasteiger partial charge in [-0.2, -0.15) is 0 Å². The molecule has 94 valence electrons. The molecule has 0 aliphatic rings. The van der Waals surface area contributed by atoms with E-state index < -0.39 is 4.92 Å². The van der Waals surface area contributed by atoms with Crippen LogP contribution < -0.4 is 4.74 Å². The Labute approximate surface area is 105 Å². The van der Waals surface area contributed by atoms with Crippen molar-refractivity contribution in [2.75, 3.05) is 7.11 Å². The first-order valence-corrected chi connectivity index (χ1v) is 5.71. The van der Waals surface area contributed by atoms with Gasteiger partial charge in [-0.15, -0.1) is 11.6 Å². The molecule has 0 saturated heterocycles. The van der Waals surface area contributed by atoms with Gasteiger partial charge in [-0.25, -0.2) is 4.98 Å². The first-order valence-electron chi connectivity index (χ1n) is 5.28. The summed E-state index contributed by atoms with van der Waals surface area (Å²) in [6.07, 6.45) is 0.354. The van der Waals surface area contributed by atoms with Gasteiger partial charge in [-0.05, 0) is 5.92 Å². The van der Waals surface area contributed by atoms with Gasteiger partial charge in [0.2, 0.25) is 5.88 Å². The molecule has 1 aromatic heterocycles. The Kier molecular flexibility index (Phi) is 4.69. The van der Waals surface area contributed by atoms with Crippen molar-refractivity contribution in [2.24, 2.45) is 5.92 Å². The minimum atomic E-state index is -0.453. The third-order valence-corrected chi connectivity index (χ3v) is 3.10. The number of aromatic nitrogens is 1. The van der Waals surface area contributed by atoms with Crippen LogP contribution in [0.1, 0.15) is 19.5 Å². The number of rotatable bonds is 5. The fourth-order valence-electron chi connectivity index (χ4n) is 1.32. The van der Waals surface area contributed by atoms with Crippen molar-refractivity contribution >= 4 is 17.3 Å². The SMILES string of the molecule is COc1ccc([N+](=O)[O-])c(CC(Cl)C(C)C)n1. The summed E-state index contributed by atoms with van der Waals surface area (Å²) < 4.78 is 4.95. The van der Waals surface area contributed by atoms with Crippen LogP contribution in [-0.2, 0) is 6.42 Å². The molecule has 1 unspecified atom stereocenters. The molecule has 1 heterocycles. The van der Waals surface area contributed by atoms with Crippen molar-refractivity contribution < 1.29 is 9.66 Å². The van der Waals surface area contributed by atoms with Crippen LogP contribution in [-0.4, -0.2) is 22.4 Å². The second-order valence-electron chi connectivity index (χ2n) is 4.04. The second kappa shape index (κ2) is 5.82. The van der Waals surface area contributed by atoms with Gasteiger partial charge in [0.15, 0.2) is 0 Å². The topological polar surface area (TPSA) is 65.3 Å². The largest absolute Gasteiger partial charge is 0.481 e. The Balaban J connectivity index is 3.05. The van der Waals surface area contributed by atoms with Crippen molar-refractivity contribution in [1.82, 2.24) is 4.98 Å². The molecule has 0 saturated carbocycles. The van der Waals surface area contributed by atoms with Gasteiger partial charge in [0, 0.05) is 23.9 Å². The maximum atomic E-state index is 10.9. The molecule has 0 aliphatic heterocycles. The highest BCUT2D eigenvalue weighted by Crippen LogP contribution is 2.24. The fraction of sp³-hybridized carbons (Fsp3) is 0.545. The summed E-state index contributed by atoms with van der Waals surface area (Å²) in [6.45, 7) is 3.92. The van der Waals surface area contributed by atoms with E-state index in [1.807, 2.05) is 13.8 Å². The van der Waals surface area contributed by atoms with Crippen LogP contribution in [0, 0.1) is 16.0 Å². The summed E-state index contributed by atoms with van der Waals surface area (Å²) in [5.41, 5.74) is 0.347. The third-order valence-electron chi connectivity index (χ3n) is 2.44. The molecule has 0 N–H and O–H groups in total. The molecule has 0 spiro atoms. The van der Waals surface area contributed by atoms with Crippen molar-refractivity contribution in [3.05, 3.63) is 27.9 Å². The van der Waals surface area contributed by atoms with Crippen molar-refractivity contribution in [1.29, 1.82) is 0 Å². The summed E-state index contributed by atoms with van der Waals surface area (Å²) >= 11 is 6.12. The zero-order valence-corrected chi connectivity index (χ0v) is 10.8. The average Bonchev–Trinajstić information content (AvgIpc) is 2.28. The highest BCUT2D eigenvalue weighted by Gasteiger charge is 2.21. The lowest BCUT2D eigenvalue weighted by Gasteiger charge is -2.13. The van der Waals surface area contributed by atoms with Gasteiger partial charge >= 0.3 is 0 Å². The number of alkyl halides is 1. The van der Waals surface area contributed by atoms with Crippen LogP contribution in [0.5, 0.6) is 5.88 Å². The lowest BCUT2D eigenvalue weighted by atomic mass is 10.0. The van der Waals surface area contributed by atoms with E-state index in [1.165, 1.54) is 19.2 Å². The number of methoxy groups -OCH3 is 1. The van der Waals surface area contributed by atoms with E-state index in [0.717, 1.165) is 0 Å². The summed E-state index contributed by atoms with van der Waals surface area (Å²) in [4.78, 5) is 14.5. The first kappa shape index (κ1) is 13.7. The number of ether oxygens (including phenoxy) is 1. The molecule has 0 aliphatic carbocycles. The molecule has 1 atom stereocenters. The highest BCUT2D eigenvalue weighted by atomic mass is 35.5. The standard InChI is InChI=1S/C11H15ClN2O3/c1-7(2)8(12)6-9-10(14(15)16)4-5-11(13-9)17-3/h4-5,7-8H,6H2,1-3H3. The van der Waals surface area contributed by atoms with Crippen LogP contribution in [0.4, 0.5) is 5.69 Å². The molecule has 0 aromatic carbocycles. The van der Waals surface area contributed by atoms with Crippen molar-refractivity contribution in [3.8, 4) is 5.88 Å². The number of nitrogens with zero attached hydrogens (tertiary/aromatic N) is 2. The van der Waals surface area contributed by atoms with E-state index in [0.29, 0.717) is 18.0 Å². The molecule has 0 amide bonds. The lowest BCUT2D eigenvalue weighted by molar-refractivity contribution is -0.386. The Bertz CT molecular complexity index is 410. The van der Waals surface area contributed by atoms with Gasteiger partial charge in [0.25, 0.3) is 5.69 Å². The number of halogens is 1. The molecule has 0 fully saturated rings. The minimum Gasteiger partial charge on any atom is -0.481 e. The Morgan fingerprint density at radius 1 is 1.53 bits per heavy atom. The van der Waals surface area contributed by atoms with Gasteiger partial charge < -0.3 is 4.74 Å². The smallest absolute Gasteiger partial charge is 0.291 e. The van der Waals surface area contributed by atoms with E-state index in [2.05, 4.69) is 4.98 Å². The Morgan fingerprint density at radius 2 is 2.18 bits per heavy atom. The predicted octanol–water partition coefficient (Wildman–Crippen LogP) is 2.80. The van der Waals surface area contributed by atoms with E-state index in [1.54, 1.807) is 0 Å². The minimum absolute atomic E-state index is 0.0166. The highest BCUT2D eigenvalue weighted by molar-refractivity contribution is 6.20. The number of nitro groups is 1. The van der Waals surface area contributed by atoms with Gasteiger partial charge in [-0.3, -0.25) is 10.1 Å². The maximum absolute atomic E-state index is 10.9. The summed E-state index contributed by atoms with van der Waals surface area (Å²) in [6, 6.07) is 2.87. The molecule has 0 bridgehead atoms. The summed E-state index contributed by atoms with van der Waals surface area (Å²) in [7, 11) is 1.47. The van der Waals surface area contributed by atoms with E-state index in [9.17, 15) is 10.1 Å². The third kappa shape index (κ3) is 3.56. The fourth-order valence-corrected chi connectivity index (χ4v) is 1.47. The van der Waals surface area contributed by atoms with Gasteiger partial charge in [0.1, 0.15) is 5.69 Å².